The van der Waals surface area contributed by atoms with Crippen LogP contribution >= 0.6 is 0 Å². The molecule has 0 aromatic carbocycles. The second-order valence-corrected chi connectivity index (χ2v) is 4.20. The van der Waals surface area contributed by atoms with Gasteiger partial charge in [-0.15, -0.1) is 13.2 Å². The smallest absolute Gasteiger partial charge is 0.266 e. The number of nitrogens with zero attached hydrogens (tertiary/aromatic N) is 3. The molecule has 0 spiro atoms. The second kappa shape index (κ2) is 9.10. The predicted molar refractivity (Wildman–Crippen MR) is 81.7 cm³/mol. The number of pyridine rings is 1. The molecule has 1 rings (SSSR count). The number of carbonyl (C=O) groups excluding carboxylic acids is 1. The monoisotopic (exact) mass is 282 g/mol. The van der Waals surface area contributed by atoms with Crippen LogP contribution in [0.2, 0.25) is 0 Å². The molecule has 0 fully saturated rings. The highest BCUT2D eigenvalue weighted by Crippen LogP contribution is 2.02. The lowest BCUT2D eigenvalue weighted by molar-refractivity contribution is -0.125. The third-order valence-electron chi connectivity index (χ3n) is 2.61. The molecule has 5 heteroatoms. The summed E-state index contributed by atoms with van der Waals surface area (Å²) in [6, 6.07) is 5.64. The van der Waals surface area contributed by atoms with Gasteiger partial charge < -0.3 is 10.2 Å². The maximum Gasteiger partial charge on any atom is 0.266 e. The fraction of sp³-hybridized carbons (Fsp3) is 0.188. The van der Waals surface area contributed by atoms with E-state index >= 15 is 0 Å². The van der Waals surface area contributed by atoms with Crippen LogP contribution in [0.5, 0.6) is 0 Å². The molecule has 0 bridgehead atoms. The molecule has 5 nitrogen and oxygen atoms in total. The Morgan fingerprint density at radius 1 is 1.43 bits per heavy atom. The highest BCUT2D eigenvalue weighted by atomic mass is 16.2. The fourth-order valence-corrected chi connectivity index (χ4v) is 1.64. The van der Waals surface area contributed by atoms with E-state index in [0.717, 1.165) is 5.56 Å². The van der Waals surface area contributed by atoms with Crippen molar-refractivity contribution in [3.8, 4) is 6.07 Å². The number of amides is 1. The van der Waals surface area contributed by atoms with Crippen molar-refractivity contribution in [3.05, 3.63) is 67.2 Å². The summed E-state index contributed by atoms with van der Waals surface area (Å²) in [4.78, 5) is 17.7. The van der Waals surface area contributed by atoms with Gasteiger partial charge in [-0.3, -0.25) is 9.78 Å². The number of nitriles is 1. The molecule has 0 unspecified atom stereocenters. The standard InChI is InChI=1S/C16H18N4O/c1-3-8-20(9-4-2)16(21)15(10-17)13-19-12-14-6-5-7-18-11-14/h3-7,11,13,19H,1-2,8-9,12H2/b15-13-. The molecule has 1 N–H and O–H groups in total. The van der Waals surface area contributed by atoms with Gasteiger partial charge in [-0.1, -0.05) is 18.2 Å². The molecule has 1 aromatic rings. The lowest BCUT2D eigenvalue weighted by Crippen LogP contribution is -2.32. The van der Waals surface area contributed by atoms with Crippen molar-refractivity contribution in [3.63, 3.8) is 0 Å². The summed E-state index contributed by atoms with van der Waals surface area (Å²) in [6.07, 6.45) is 8.05. The van der Waals surface area contributed by atoms with Gasteiger partial charge in [0.2, 0.25) is 0 Å². The Bertz CT molecular complexity index is 547. The predicted octanol–water partition coefficient (Wildman–Crippen LogP) is 1.78. The number of hydrogen-bond acceptors (Lipinski definition) is 4. The SMILES string of the molecule is C=CCN(CC=C)C(=O)/C(C#N)=C\NCc1cccnc1. The van der Waals surface area contributed by atoms with Crippen LogP contribution in [-0.4, -0.2) is 28.9 Å². The van der Waals surface area contributed by atoms with Crippen LogP contribution in [0.1, 0.15) is 5.56 Å². The van der Waals surface area contributed by atoms with Gasteiger partial charge >= 0.3 is 0 Å². The summed E-state index contributed by atoms with van der Waals surface area (Å²) >= 11 is 0. The first kappa shape index (κ1) is 16.2. The Hall–Kier alpha value is -2.87. The number of rotatable bonds is 8. The molecular weight excluding hydrogens is 264 g/mol. The van der Waals surface area contributed by atoms with Gasteiger partial charge in [0.1, 0.15) is 11.6 Å². The van der Waals surface area contributed by atoms with Crippen molar-refractivity contribution in [2.45, 2.75) is 6.54 Å². The van der Waals surface area contributed by atoms with Crippen molar-refractivity contribution < 1.29 is 4.79 Å². The molecule has 0 radical (unpaired) electrons. The molecule has 1 amide bonds. The Labute approximate surface area is 124 Å². The average molecular weight is 282 g/mol. The summed E-state index contributed by atoms with van der Waals surface area (Å²) in [5.74, 6) is -0.351. The molecule has 0 aliphatic rings. The molecule has 21 heavy (non-hydrogen) atoms. The Morgan fingerprint density at radius 2 is 2.14 bits per heavy atom. The Balaban J connectivity index is 2.69. The molecule has 0 saturated carbocycles. The van der Waals surface area contributed by atoms with Crippen LogP contribution in [0.4, 0.5) is 0 Å². The van der Waals surface area contributed by atoms with Gasteiger partial charge in [0.25, 0.3) is 5.91 Å². The van der Waals surface area contributed by atoms with E-state index in [9.17, 15) is 4.79 Å². The van der Waals surface area contributed by atoms with E-state index in [1.807, 2.05) is 18.2 Å². The van der Waals surface area contributed by atoms with Crippen LogP contribution < -0.4 is 5.32 Å². The van der Waals surface area contributed by atoms with Gasteiger partial charge in [0.15, 0.2) is 0 Å². The van der Waals surface area contributed by atoms with Crippen molar-refractivity contribution in [2.75, 3.05) is 13.1 Å². The zero-order valence-corrected chi connectivity index (χ0v) is 11.8. The minimum absolute atomic E-state index is 0.0441. The van der Waals surface area contributed by atoms with Gasteiger partial charge in [0, 0.05) is 38.2 Å². The van der Waals surface area contributed by atoms with E-state index < -0.39 is 0 Å². The zero-order chi connectivity index (χ0) is 15.5. The maximum absolute atomic E-state index is 12.2. The Morgan fingerprint density at radius 3 is 2.67 bits per heavy atom. The summed E-state index contributed by atoms with van der Waals surface area (Å²) < 4.78 is 0. The van der Waals surface area contributed by atoms with E-state index in [2.05, 4.69) is 23.5 Å². The summed E-state index contributed by atoms with van der Waals surface area (Å²) in [6.45, 7) is 8.43. The second-order valence-electron chi connectivity index (χ2n) is 4.20. The van der Waals surface area contributed by atoms with E-state index in [4.69, 9.17) is 5.26 Å². The first-order chi connectivity index (χ1) is 10.2. The van der Waals surface area contributed by atoms with Gasteiger partial charge in [-0.05, 0) is 11.6 Å². The van der Waals surface area contributed by atoms with Gasteiger partial charge in [-0.25, -0.2) is 0 Å². The molecular formula is C16H18N4O. The Kier molecular flexibility index (Phi) is 7.01. The van der Waals surface area contributed by atoms with E-state index in [1.54, 1.807) is 24.5 Å². The number of carbonyl (C=O) groups is 1. The van der Waals surface area contributed by atoms with Gasteiger partial charge in [-0.2, -0.15) is 5.26 Å². The third kappa shape index (κ3) is 5.33. The largest absolute Gasteiger partial charge is 0.386 e. The van der Waals surface area contributed by atoms with Crippen LogP contribution in [0.15, 0.2) is 61.6 Å². The number of nitrogens with one attached hydrogen (secondary N) is 1. The van der Waals surface area contributed by atoms with Crippen molar-refractivity contribution in [1.82, 2.24) is 15.2 Å². The minimum Gasteiger partial charge on any atom is -0.386 e. The zero-order valence-electron chi connectivity index (χ0n) is 11.8. The lowest BCUT2D eigenvalue weighted by atomic mass is 10.2. The minimum atomic E-state index is -0.351. The van der Waals surface area contributed by atoms with E-state index in [0.29, 0.717) is 19.6 Å². The fourth-order valence-electron chi connectivity index (χ4n) is 1.64. The quantitative estimate of drug-likeness (QED) is 0.448. The summed E-state index contributed by atoms with van der Waals surface area (Å²) in [5.41, 5.74) is 1.01. The molecule has 1 heterocycles. The van der Waals surface area contributed by atoms with Crippen LogP contribution in [-0.2, 0) is 11.3 Å². The van der Waals surface area contributed by atoms with Crippen molar-refractivity contribution in [2.24, 2.45) is 0 Å². The molecule has 1 aromatic heterocycles. The number of hydrogen-bond donors (Lipinski definition) is 1. The molecule has 0 saturated heterocycles. The third-order valence-corrected chi connectivity index (χ3v) is 2.61. The normalized spacial score (nSPS) is 10.3. The van der Waals surface area contributed by atoms with E-state index in [1.165, 1.54) is 11.1 Å². The first-order valence-electron chi connectivity index (χ1n) is 6.46. The van der Waals surface area contributed by atoms with Crippen LogP contribution in [0.25, 0.3) is 0 Å². The highest BCUT2D eigenvalue weighted by molar-refractivity contribution is 5.97. The van der Waals surface area contributed by atoms with Crippen molar-refractivity contribution >= 4 is 5.91 Å². The molecule has 0 aliphatic heterocycles. The molecule has 0 aliphatic carbocycles. The number of aromatic nitrogens is 1. The summed E-state index contributed by atoms with van der Waals surface area (Å²) in [5, 5.41) is 12.1. The van der Waals surface area contributed by atoms with Crippen molar-refractivity contribution in [1.29, 1.82) is 5.26 Å². The molecule has 108 valence electrons. The van der Waals surface area contributed by atoms with E-state index in [-0.39, 0.29) is 11.5 Å². The lowest BCUT2D eigenvalue weighted by Gasteiger charge is -2.18. The maximum atomic E-state index is 12.2. The van der Waals surface area contributed by atoms with Crippen LogP contribution in [0, 0.1) is 11.3 Å². The topological polar surface area (TPSA) is 69.0 Å². The highest BCUT2D eigenvalue weighted by Gasteiger charge is 2.15. The summed E-state index contributed by atoms with van der Waals surface area (Å²) in [7, 11) is 0. The molecule has 0 atom stereocenters. The van der Waals surface area contributed by atoms with Gasteiger partial charge in [0.05, 0.1) is 0 Å². The average Bonchev–Trinajstić information content (AvgIpc) is 2.52. The first-order valence-corrected chi connectivity index (χ1v) is 6.46. The van der Waals surface area contributed by atoms with Crippen LogP contribution in [0.3, 0.4) is 0 Å².